The van der Waals surface area contributed by atoms with Crippen LogP contribution >= 0.6 is 0 Å². The van der Waals surface area contributed by atoms with Crippen LogP contribution in [0.4, 0.5) is 5.69 Å². The number of hydrogen-bond donors (Lipinski definition) is 1. The summed E-state index contributed by atoms with van der Waals surface area (Å²) >= 11 is 0. The fraction of sp³-hybridized carbons (Fsp3) is 0.118. The topological polar surface area (TPSA) is 38.3 Å². The number of rotatable bonds is 4. The van der Waals surface area contributed by atoms with E-state index in [9.17, 15) is 4.79 Å². The number of ether oxygens (including phenoxy) is 1. The van der Waals surface area contributed by atoms with E-state index in [1.165, 1.54) is 6.92 Å². The Hall–Kier alpha value is -2.55. The molecule has 102 valence electrons. The molecular formula is C17H17NO2. The summed E-state index contributed by atoms with van der Waals surface area (Å²) in [5, 5.41) is 2.81. The van der Waals surface area contributed by atoms with Crippen molar-refractivity contribution in [1.29, 1.82) is 0 Å². The van der Waals surface area contributed by atoms with Gasteiger partial charge in [0.05, 0.1) is 12.8 Å². The van der Waals surface area contributed by atoms with E-state index in [-0.39, 0.29) is 5.91 Å². The zero-order valence-electron chi connectivity index (χ0n) is 11.6. The van der Waals surface area contributed by atoms with E-state index in [0.29, 0.717) is 5.75 Å². The Bertz CT molecular complexity index is 618. The lowest BCUT2D eigenvalue weighted by Gasteiger charge is -2.09. The largest absolute Gasteiger partial charge is 0.497 e. The van der Waals surface area contributed by atoms with E-state index >= 15 is 0 Å². The second-order valence-corrected chi connectivity index (χ2v) is 4.38. The van der Waals surface area contributed by atoms with Gasteiger partial charge in [-0.1, -0.05) is 42.5 Å². The lowest BCUT2D eigenvalue weighted by atomic mass is 10.1. The Labute approximate surface area is 118 Å². The van der Waals surface area contributed by atoms with Crippen molar-refractivity contribution in [2.75, 3.05) is 12.4 Å². The Kier molecular flexibility index (Phi) is 4.56. The molecule has 0 aliphatic rings. The standard InChI is InChI=1S/C17H17NO2/c1-13(19)18-17-12-16(20-2)11-10-15(17)9-8-14-6-4-3-5-7-14/h3-12H,1-2H3,(H,18,19)/b9-8+. The van der Waals surface area contributed by atoms with Crippen molar-refractivity contribution in [3.8, 4) is 5.75 Å². The van der Waals surface area contributed by atoms with Crippen molar-refractivity contribution in [2.45, 2.75) is 6.92 Å². The van der Waals surface area contributed by atoms with E-state index < -0.39 is 0 Å². The molecule has 0 atom stereocenters. The molecular weight excluding hydrogens is 250 g/mol. The fourth-order valence-corrected chi connectivity index (χ4v) is 1.86. The number of carbonyl (C=O) groups is 1. The zero-order valence-corrected chi connectivity index (χ0v) is 11.6. The minimum atomic E-state index is -0.104. The van der Waals surface area contributed by atoms with Crippen LogP contribution in [0, 0.1) is 0 Å². The number of methoxy groups -OCH3 is 1. The van der Waals surface area contributed by atoms with Crippen LogP contribution in [0.25, 0.3) is 12.2 Å². The van der Waals surface area contributed by atoms with Crippen molar-refractivity contribution in [1.82, 2.24) is 0 Å². The second-order valence-electron chi connectivity index (χ2n) is 4.38. The molecule has 2 aromatic rings. The van der Waals surface area contributed by atoms with Crippen molar-refractivity contribution >= 4 is 23.7 Å². The molecule has 0 saturated carbocycles. The van der Waals surface area contributed by atoms with E-state index in [1.54, 1.807) is 7.11 Å². The van der Waals surface area contributed by atoms with Crippen LogP contribution in [-0.4, -0.2) is 13.0 Å². The maximum Gasteiger partial charge on any atom is 0.221 e. The van der Waals surface area contributed by atoms with Gasteiger partial charge in [-0.2, -0.15) is 0 Å². The first kappa shape index (κ1) is 13.9. The lowest BCUT2D eigenvalue weighted by Crippen LogP contribution is -2.07. The quantitative estimate of drug-likeness (QED) is 0.855. The monoisotopic (exact) mass is 267 g/mol. The molecule has 0 aromatic heterocycles. The molecule has 3 nitrogen and oxygen atoms in total. The number of anilines is 1. The first-order valence-corrected chi connectivity index (χ1v) is 6.38. The smallest absolute Gasteiger partial charge is 0.221 e. The van der Waals surface area contributed by atoms with Gasteiger partial charge in [0.2, 0.25) is 5.91 Å². The summed E-state index contributed by atoms with van der Waals surface area (Å²) in [5.41, 5.74) is 2.78. The van der Waals surface area contributed by atoms with Crippen molar-refractivity contribution in [3.05, 3.63) is 59.7 Å². The van der Waals surface area contributed by atoms with Gasteiger partial charge in [0, 0.05) is 13.0 Å². The molecule has 1 amide bonds. The Morgan fingerprint density at radius 2 is 1.85 bits per heavy atom. The normalized spacial score (nSPS) is 10.5. The predicted molar refractivity (Wildman–Crippen MR) is 82.7 cm³/mol. The fourth-order valence-electron chi connectivity index (χ4n) is 1.86. The summed E-state index contributed by atoms with van der Waals surface area (Å²) in [6, 6.07) is 15.6. The van der Waals surface area contributed by atoms with Gasteiger partial charge >= 0.3 is 0 Å². The van der Waals surface area contributed by atoms with Crippen molar-refractivity contribution in [3.63, 3.8) is 0 Å². The van der Waals surface area contributed by atoms with E-state index in [2.05, 4.69) is 5.32 Å². The molecule has 0 bridgehead atoms. The average Bonchev–Trinajstić information content (AvgIpc) is 2.46. The molecule has 0 fully saturated rings. The van der Waals surface area contributed by atoms with Crippen LogP contribution in [0.15, 0.2) is 48.5 Å². The Morgan fingerprint density at radius 3 is 2.50 bits per heavy atom. The summed E-state index contributed by atoms with van der Waals surface area (Å²) in [4.78, 5) is 11.3. The van der Waals surface area contributed by atoms with Crippen molar-refractivity contribution < 1.29 is 9.53 Å². The molecule has 0 radical (unpaired) electrons. The minimum Gasteiger partial charge on any atom is -0.497 e. The van der Waals surface area contributed by atoms with Gasteiger partial charge in [0.1, 0.15) is 5.75 Å². The van der Waals surface area contributed by atoms with E-state index in [1.807, 2.05) is 60.7 Å². The number of amides is 1. The van der Waals surface area contributed by atoms with E-state index in [4.69, 9.17) is 4.74 Å². The number of hydrogen-bond acceptors (Lipinski definition) is 2. The summed E-state index contributed by atoms with van der Waals surface area (Å²) in [7, 11) is 1.60. The molecule has 0 unspecified atom stereocenters. The van der Waals surface area contributed by atoms with Gasteiger partial charge in [-0.3, -0.25) is 4.79 Å². The molecule has 2 rings (SSSR count). The summed E-state index contributed by atoms with van der Waals surface area (Å²) in [5.74, 6) is 0.609. The maximum atomic E-state index is 11.3. The SMILES string of the molecule is COc1ccc(/C=C/c2ccccc2)c(NC(C)=O)c1. The zero-order chi connectivity index (χ0) is 14.4. The van der Waals surface area contributed by atoms with Crippen molar-refractivity contribution in [2.24, 2.45) is 0 Å². The van der Waals surface area contributed by atoms with Gasteiger partial charge < -0.3 is 10.1 Å². The first-order valence-electron chi connectivity index (χ1n) is 6.38. The molecule has 0 aliphatic heterocycles. The minimum absolute atomic E-state index is 0.104. The lowest BCUT2D eigenvalue weighted by molar-refractivity contribution is -0.114. The summed E-state index contributed by atoms with van der Waals surface area (Å²) < 4.78 is 5.18. The third-order valence-corrected chi connectivity index (χ3v) is 2.83. The Morgan fingerprint density at radius 1 is 1.10 bits per heavy atom. The van der Waals surface area contributed by atoms with Crippen LogP contribution in [0.5, 0.6) is 5.75 Å². The molecule has 0 heterocycles. The molecule has 0 spiro atoms. The highest BCUT2D eigenvalue weighted by Crippen LogP contribution is 2.24. The third-order valence-electron chi connectivity index (χ3n) is 2.83. The highest BCUT2D eigenvalue weighted by Gasteiger charge is 2.03. The van der Waals surface area contributed by atoms with Gasteiger partial charge in [-0.15, -0.1) is 0 Å². The first-order chi connectivity index (χ1) is 9.69. The molecule has 3 heteroatoms. The summed E-state index contributed by atoms with van der Waals surface area (Å²) in [6.45, 7) is 1.49. The second kappa shape index (κ2) is 6.57. The van der Waals surface area contributed by atoms with Crippen LogP contribution in [-0.2, 0) is 4.79 Å². The van der Waals surface area contributed by atoms with Crippen LogP contribution in [0.3, 0.4) is 0 Å². The molecule has 2 aromatic carbocycles. The molecule has 0 saturated heterocycles. The highest BCUT2D eigenvalue weighted by molar-refractivity contribution is 5.92. The average molecular weight is 267 g/mol. The molecule has 0 aliphatic carbocycles. The Balaban J connectivity index is 2.30. The molecule has 20 heavy (non-hydrogen) atoms. The van der Waals surface area contributed by atoms with Crippen LogP contribution in [0.1, 0.15) is 18.1 Å². The van der Waals surface area contributed by atoms with Crippen LogP contribution in [0.2, 0.25) is 0 Å². The number of nitrogens with one attached hydrogen (secondary N) is 1. The third kappa shape index (κ3) is 3.72. The predicted octanol–water partition coefficient (Wildman–Crippen LogP) is 3.82. The summed E-state index contributed by atoms with van der Waals surface area (Å²) in [6.07, 6.45) is 3.98. The van der Waals surface area contributed by atoms with E-state index in [0.717, 1.165) is 16.8 Å². The van der Waals surface area contributed by atoms with Gasteiger partial charge in [0.25, 0.3) is 0 Å². The van der Waals surface area contributed by atoms with Gasteiger partial charge in [0.15, 0.2) is 0 Å². The van der Waals surface area contributed by atoms with Gasteiger partial charge in [-0.05, 0) is 23.3 Å². The van der Waals surface area contributed by atoms with Crippen LogP contribution < -0.4 is 10.1 Å². The maximum absolute atomic E-state index is 11.3. The van der Waals surface area contributed by atoms with Gasteiger partial charge in [-0.25, -0.2) is 0 Å². The number of carbonyl (C=O) groups excluding carboxylic acids is 1. The number of benzene rings is 2. The molecule has 1 N–H and O–H groups in total. The highest BCUT2D eigenvalue weighted by atomic mass is 16.5.